The smallest absolute Gasteiger partial charge is 0.234 e. The van der Waals surface area contributed by atoms with E-state index < -0.39 is 0 Å². The van der Waals surface area contributed by atoms with Crippen LogP contribution in [0.2, 0.25) is 0 Å². The van der Waals surface area contributed by atoms with Crippen LogP contribution in [-0.2, 0) is 0 Å². The molecule has 5 heteroatoms. The topological polar surface area (TPSA) is 64.3 Å². The molecule has 0 saturated carbocycles. The van der Waals surface area contributed by atoms with E-state index in [0.29, 0.717) is 25.1 Å². The minimum Gasteiger partial charge on any atom is -0.477 e. The van der Waals surface area contributed by atoms with Crippen molar-refractivity contribution in [3.8, 4) is 5.88 Å². The van der Waals surface area contributed by atoms with Crippen LogP contribution in [0.15, 0.2) is 12.4 Å². The molecule has 5 nitrogen and oxygen atoms in total. The molecule has 0 aromatic carbocycles. The van der Waals surface area contributed by atoms with E-state index in [1.807, 2.05) is 6.92 Å². The quantitative estimate of drug-likeness (QED) is 0.879. The molecule has 1 aromatic rings. The summed E-state index contributed by atoms with van der Waals surface area (Å²) in [5, 5.41) is 0. The van der Waals surface area contributed by atoms with Crippen molar-refractivity contribution in [3.63, 3.8) is 0 Å². The van der Waals surface area contributed by atoms with Crippen molar-refractivity contribution in [2.75, 3.05) is 24.6 Å². The molecule has 1 fully saturated rings. The zero-order valence-corrected chi connectivity index (χ0v) is 11.9. The predicted octanol–water partition coefficient (Wildman–Crippen LogP) is 1.83. The summed E-state index contributed by atoms with van der Waals surface area (Å²) in [6.45, 7) is 6.48. The lowest BCUT2D eigenvalue weighted by atomic mass is 9.89. The van der Waals surface area contributed by atoms with Gasteiger partial charge in [-0.3, -0.25) is 4.98 Å². The normalized spacial score (nSPS) is 23.4. The lowest BCUT2D eigenvalue weighted by Crippen LogP contribution is -2.47. The molecule has 1 aliphatic heterocycles. The standard InChI is InChI=1S/C14H24N4O/c1-3-11-5-6-18(12(7-11)8-15)13-9-16-10-14(17-13)19-4-2/h9-12H,3-8,15H2,1-2H3. The molecule has 0 amide bonds. The second kappa shape index (κ2) is 6.70. The van der Waals surface area contributed by atoms with Crippen molar-refractivity contribution in [1.29, 1.82) is 0 Å². The number of aromatic nitrogens is 2. The number of piperidine rings is 1. The molecule has 1 aromatic heterocycles. The predicted molar refractivity (Wildman–Crippen MR) is 76.4 cm³/mol. The summed E-state index contributed by atoms with van der Waals surface area (Å²) in [7, 11) is 0. The molecule has 0 radical (unpaired) electrons. The highest BCUT2D eigenvalue weighted by molar-refractivity contribution is 5.40. The highest BCUT2D eigenvalue weighted by Gasteiger charge is 2.27. The van der Waals surface area contributed by atoms with Gasteiger partial charge in [-0.15, -0.1) is 0 Å². The van der Waals surface area contributed by atoms with Crippen molar-refractivity contribution in [2.24, 2.45) is 11.7 Å². The van der Waals surface area contributed by atoms with Crippen LogP contribution in [0.5, 0.6) is 5.88 Å². The van der Waals surface area contributed by atoms with Gasteiger partial charge in [0.25, 0.3) is 0 Å². The lowest BCUT2D eigenvalue weighted by Gasteiger charge is -2.39. The van der Waals surface area contributed by atoms with Gasteiger partial charge in [-0.05, 0) is 25.7 Å². The molecule has 1 saturated heterocycles. The Morgan fingerprint density at radius 3 is 2.95 bits per heavy atom. The first-order valence-electron chi connectivity index (χ1n) is 7.20. The molecule has 106 valence electrons. The number of hydrogen-bond acceptors (Lipinski definition) is 5. The van der Waals surface area contributed by atoms with Gasteiger partial charge < -0.3 is 15.4 Å². The second-order valence-corrected chi connectivity index (χ2v) is 5.03. The van der Waals surface area contributed by atoms with Gasteiger partial charge in [-0.1, -0.05) is 13.3 Å². The third-order valence-electron chi connectivity index (χ3n) is 3.86. The van der Waals surface area contributed by atoms with E-state index in [4.69, 9.17) is 10.5 Å². The Kier molecular flexibility index (Phi) is 4.96. The van der Waals surface area contributed by atoms with Crippen LogP contribution in [0.4, 0.5) is 5.82 Å². The molecule has 0 spiro atoms. The average molecular weight is 264 g/mol. The van der Waals surface area contributed by atoms with Crippen LogP contribution in [0.25, 0.3) is 0 Å². The highest BCUT2D eigenvalue weighted by atomic mass is 16.5. The van der Waals surface area contributed by atoms with Crippen LogP contribution in [0.1, 0.15) is 33.1 Å². The fourth-order valence-corrected chi connectivity index (χ4v) is 2.72. The van der Waals surface area contributed by atoms with E-state index in [-0.39, 0.29) is 0 Å². The molecule has 0 aliphatic carbocycles. The maximum absolute atomic E-state index is 5.92. The van der Waals surface area contributed by atoms with E-state index in [0.717, 1.165) is 24.7 Å². The highest BCUT2D eigenvalue weighted by Crippen LogP contribution is 2.28. The van der Waals surface area contributed by atoms with E-state index in [1.165, 1.54) is 12.8 Å². The van der Waals surface area contributed by atoms with Gasteiger partial charge in [0.2, 0.25) is 5.88 Å². The Labute approximate surface area is 115 Å². The second-order valence-electron chi connectivity index (χ2n) is 5.03. The van der Waals surface area contributed by atoms with Crippen molar-refractivity contribution < 1.29 is 4.74 Å². The number of nitrogens with two attached hydrogens (primary N) is 1. The Balaban J connectivity index is 2.13. The third-order valence-corrected chi connectivity index (χ3v) is 3.86. The number of hydrogen-bond donors (Lipinski definition) is 1. The van der Waals surface area contributed by atoms with Gasteiger partial charge >= 0.3 is 0 Å². The van der Waals surface area contributed by atoms with E-state index in [1.54, 1.807) is 12.4 Å². The minimum absolute atomic E-state index is 0.366. The van der Waals surface area contributed by atoms with Gasteiger partial charge in [-0.2, -0.15) is 4.98 Å². The van der Waals surface area contributed by atoms with E-state index >= 15 is 0 Å². The molecular weight excluding hydrogens is 240 g/mol. The fourth-order valence-electron chi connectivity index (χ4n) is 2.72. The minimum atomic E-state index is 0.366. The Morgan fingerprint density at radius 2 is 2.26 bits per heavy atom. The summed E-state index contributed by atoms with van der Waals surface area (Å²) >= 11 is 0. The summed E-state index contributed by atoms with van der Waals surface area (Å²) in [5.74, 6) is 2.26. The van der Waals surface area contributed by atoms with Crippen molar-refractivity contribution >= 4 is 5.82 Å². The first-order valence-corrected chi connectivity index (χ1v) is 7.20. The van der Waals surface area contributed by atoms with Crippen molar-refractivity contribution in [2.45, 2.75) is 39.2 Å². The molecule has 1 aliphatic rings. The van der Waals surface area contributed by atoms with Gasteiger partial charge in [0.1, 0.15) is 0 Å². The summed E-state index contributed by atoms with van der Waals surface area (Å²) in [5.41, 5.74) is 5.92. The lowest BCUT2D eigenvalue weighted by molar-refractivity contribution is 0.319. The van der Waals surface area contributed by atoms with Crippen LogP contribution >= 0.6 is 0 Å². The van der Waals surface area contributed by atoms with Gasteiger partial charge in [0.15, 0.2) is 5.82 Å². The number of nitrogens with zero attached hydrogens (tertiary/aromatic N) is 3. The summed E-state index contributed by atoms with van der Waals surface area (Å²) in [6, 6.07) is 0.366. The van der Waals surface area contributed by atoms with Crippen LogP contribution in [0, 0.1) is 5.92 Å². The van der Waals surface area contributed by atoms with Gasteiger partial charge in [0, 0.05) is 19.1 Å². The van der Waals surface area contributed by atoms with Crippen molar-refractivity contribution in [3.05, 3.63) is 12.4 Å². The summed E-state index contributed by atoms with van der Waals surface area (Å²) < 4.78 is 5.42. The summed E-state index contributed by atoms with van der Waals surface area (Å²) in [6.07, 6.45) is 7.04. The molecule has 2 N–H and O–H groups in total. The average Bonchev–Trinajstić information content (AvgIpc) is 2.47. The Bertz CT molecular complexity index is 399. The zero-order valence-electron chi connectivity index (χ0n) is 11.9. The number of ether oxygens (including phenoxy) is 1. The molecule has 2 unspecified atom stereocenters. The molecule has 0 bridgehead atoms. The third kappa shape index (κ3) is 3.35. The Hall–Kier alpha value is -1.36. The van der Waals surface area contributed by atoms with Crippen LogP contribution < -0.4 is 15.4 Å². The zero-order chi connectivity index (χ0) is 13.7. The fraction of sp³-hybridized carbons (Fsp3) is 0.714. The molecule has 19 heavy (non-hydrogen) atoms. The Morgan fingerprint density at radius 1 is 1.42 bits per heavy atom. The van der Waals surface area contributed by atoms with Crippen LogP contribution in [0.3, 0.4) is 0 Å². The molecule has 2 heterocycles. The first kappa shape index (κ1) is 14.1. The van der Waals surface area contributed by atoms with E-state index in [2.05, 4.69) is 21.8 Å². The summed E-state index contributed by atoms with van der Waals surface area (Å²) in [4.78, 5) is 11.0. The number of rotatable bonds is 5. The first-order chi connectivity index (χ1) is 9.28. The maximum atomic E-state index is 5.92. The van der Waals surface area contributed by atoms with Gasteiger partial charge in [-0.25, -0.2) is 0 Å². The molecular formula is C14H24N4O. The van der Waals surface area contributed by atoms with Crippen molar-refractivity contribution in [1.82, 2.24) is 9.97 Å². The monoisotopic (exact) mass is 264 g/mol. The van der Waals surface area contributed by atoms with Crippen LogP contribution in [-0.4, -0.2) is 35.7 Å². The number of anilines is 1. The maximum Gasteiger partial charge on any atom is 0.234 e. The molecule has 2 rings (SSSR count). The molecule has 2 atom stereocenters. The van der Waals surface area contributed by atoms with Gasteiger partial charge in [0.05, 0.1) is 19.0 Å². The van der Waals surface area contributed by atoms with E-state index in [9.17, 15) is 0 Å². The SMILES string of the molecule is CCOc1cncc(N2CCC(CC)CC2CN)n1. The largest absolute Gasteiger partial charge is 0.477 e.